The number of nitrogens with zero attached hydrogens (tertiary/aromatic N) is 2. The summed E-state index contributed by atoms with van der Waals surface area (Å²) in [6.07, 6.45) is 2.36. The van der Waals surface area contributed by atoms with E-state index in [-0.39, 0.29) is 12.5 Å². The van der Waals surface area contributed by atoms with Gasteiger partial charge in [0.2, 0.25) is 0 Å². The molecule has 0 saturated heterocycles. The Balaban J connectivity index is 1.27. The van der Waals surface area contributed by atoms with Crippen molar-refractivity contribution in [2.75, 3.05) is 6.61 Å². The number of ether oxygens (including phenoxy) is 1. The number of imidazole rings is 1. The first kappa shape index (κ1) is 20.7. The highest BCUT2D eigenvalue weighted by atomic mass is 32.2. The summed E-state index contributed by atoms with van der Waals surface area (Å²) in [6.45, 7) is 3.96. The van der Waals surface area contributed by atoms with Crippen molar-refractivity contribution in [2.45, 2.75) is 30.5 Å². The van der Waals surface area contributed by atoms with E-state index >= 15 is 0 Å². The molecule has 0 bridgehead atoms. The van der Waals surface area contributed by atoms with Gasteiger partial charge in [0.25, 0.3) is 5.91 Å². The quantitative estimate of drug-likeness (QED) is 0.310. The van der Waals surface area contributed by atoms with Gasteiger partial charge in [-0.1, -0.05) is 25.1 Å². The Morgan fingerprint density at radius 2 is 2.13 bits per heavy atom. The molecule has 2 heterocycles. The molecule has 0 fully saturated rings. The second-order valence-corrected chi connectivity index (χ2v) is 7.90. The summed E-state index contributed by atoms with van der Waals surface area (Å²) < 4.78 is 11.3. The molecule has 4 aromatic rings. The number of aromatic nitrogens is 2. The van der Waals surface area contributed by atoms with E-state index in [1.54, 1.807) is 6.07 Å². The average Bonchev–Trinajstić information content (AvgIpc) is 3.38. The van der Waals surface area contributed by atoms with Crippen molar-refractivity contribution >= 4 is 34.9 Å². The summed E-state index contributed by atoms with van der Waals surface area (Å²) in [5.74, 6) is 0.847. The lowest BCUT2D eigenvalue weighted by Gasteiger charge is -2.08. The number of carbonyl (C=O) groups is 1. The summed E-state index contributed by atoms with van der Waals surface area (Å²) in [5.41, 5.74) is 6.58. The Bertz CT molecular complexity index is 1200. The number of furan rings is 1. The zero-order valence-corrected chi connectivity index (χ0v) is 18.0. The maximum absolute atomic E-state index is 12.0. The molecule has 8 heteroatoms. The van der Waals surface area contributed by atoms with Crippen LogP contribution in [0, 0.1) is 6.92 Å². The molecular weight excluding hydrogens is 412 g/mol. The average molecular weight is 435 g/mol. The highest BCUT2D eigenvalue weighted by Gasteiger charge is 2.08. The van der Waals surface area contributed by atoms with Gasteiger partial charge in [-0.2, -0.15) is 5.10 Å². The third-order valence-electron chi connectivity index (χ3n) is 4.44. The summed E-state index contributed by atoms with van der Waals surface area (Å²) >= 11 is 1.38. The number of hydrogen-bond acceptors (Lipinski definition) is 6. The van der Waals surface area contributed by atoms with Crippen LogP contribution in [0.15, 0.2) is 74.4 Å². The normalized spacial score (nSPS) is 11.3. The van der Waals surface area contributed by atoms with Crippen LogP contribution in [0.2, 0.25) is 0 Å². The summed E-state index contributed by atoms with van der Waals surface area (Å²) in [7, 11) is 0. The zero-order valence-electron chi connectivity index (χ0n) is 17.2. The minimum atomic E-state index is -0.348. The molecule has 0 aliphatic carbocycles. The van der Waals surface area contributed by atoms with Crippen molar-refractivity contribution in [3.05, 3.63) is 71.5 Å². The van der Waals surface area contributed by atoms with Gasteiger partial charge in [-0.3, -0.25) is 4.79 Å². The van der Waals surface area contributed by atoms with E-state index in [0.29, 0.717) is 16.6 Å². The van der Waals surface area contributed by atoms with Gasteiger partial charge in [0.1, 0.15) is 11.5 Å². The molecule has 0 spiro atoms. The largest absolute Gasteiger partial charge is 0.484 e. The molecule has 0 atom stereocenters. The number of fused-ring (bicyclic) bond motifs is 1. The highest BCUT2D eigenvalue weighted by molar-refractivity contribution is 7.99. The number of H-pyrrole nitrogens is 1. The predicted molar refractivity (Wildman–Crippen MR) is 121 cm³/mol. The number of rotatable bonds is 8. The standard InChI is InChI=1S/C23H22N4O3S/c1-3-16-10-15(2)11-18(12-16)29-14-21(28)27-24-13-17-8-9-22(30-17)31-23-25-19-6-4-5-7-20(19)26-23/h4-13H,3,14H2,1-2H3,(H,25,26)(H,27,28)/b24-13+. The Morgan fingerprint density at radius 3 is 2.97 bits per heavy atom. The molecule has 0 unspecified atom stereocenters. The van der Waals surface area contributed by atoms with Crippen molar-refractivity contribution in [2.24, 2.45) is 5.10 Å². The third-order valence-corrected chi connectivity index (χ3v) is 5.24. The molecule has 7 nitrogen and oxygen atoms in total. The molecular formula is C23H22N4O3S. The van der Waals surface area contributed by atoms with E-state index in [9.17, 15) is 4.79 Å². The number of hydrazone groups is 1. The number of aromatic amines is 1. The minimum absolute atomic E-state index is 0.116. The van der Waals surface area contributed by atoms with Crippen LogP contribution in [0.25, 0.3) is 11.0 Å². The molecule has 31 heavy (non-hydrogen) atoms. The predicted octanol–water partition coefficient (Wildman–Crippen LogP) is 4.71. The number of aryl methyl sites for hydroxylation is 2. The SMILES string of the molecule is CCc1cc(C)cc(OCC(=O)N/N=C/c2ccc(Sc3nc4ccccc4[nH]3)o2)c1. The first-order chi connectivity index (χ1) is 15.1. The fourth-order valence-corrected chi connectivity index (χ4v) is 3.76. The molecule has 2 aromatic heterocycles. The van der Waals surface area contributed by atoms with Crippen molar-refractivity contribution in [3.8, 4) is 5.75 Å². The zero-order chi connectivity index (χ0) is 21.6. The first-order valence-corrected chi connectivity index (χ1v) is 10.7. The van der Waals surface area contributed by atoms with E-state index in [0.717, 1.165) is 28.2 Å². The Labute approximate surface area is 183 Å². The van der Waals surface area contributed by atoms with E-state index in [1.165, 1.54) is 23.5 Å². The Morgan fingerprint density at radius 1 is 1.26 bits per heavy atom. The molecule has 0 aliphatic heterocycles. The molecule has 2 aromatic carbocycles. The molecule has 1 amide bonds. The number of carbonyl (C=O) groups excluding carboxylic acids is 1. The van der Waals surface area contributed by atoms with E-state index in [2.05, 4.69) is 33.5 Å². The van der Waals surface area contributed by atoms with Crippen LogP contribution in [0.5, 0.6) is 5.75 Å². The van der Waals surface area contributed by atoms with Crippen LogP contribution < -0.4 is 10.2 Å². The van der Waals surface area contributed by atoms with E-state index in [4.69, 9.17) is 9.15 Å². The number of benzene rings is 2. The van der Waals surface area contributed by atoms with Crippen molar-refractivity contribution in [1.82, 2.24) is 15.4 Å². The van der Waals surface area contributed by atoms with Gasteiger partial charge < -0.3 is 14.1 Å². The van der Waals surface area contributed by atoms with Gasteiger partial charge in [-0.05, 0) is 72.6 Å². The maximum Gasteiger partial charge on any atom is 0.277 e. The fourth-order valence-electron chi connectivity index (χ4n) is 2.99. The second kappa shape index (κ2) is 9.53. The van der Waals surface area contributed by atoms with Crippen molar-refractivity contribution in [3.63, 3.8) is 0 Å². The lowest BCUT2D eigenvalue weighted by molar-refractivity contribution is -0.123. The highest BCUT2D eigenvalue weighted by Crippen LogP contribution is 2.28. The van der Waals surface area contributed by atoms with E-state index < -0.39 is 0 Å². The summed E-state index contributed by atoms with van der Waals surface area (Å²) in [5, 5.41) is 5.34. The monoisotopic (exact) mass is 434 g/mol. The van der Waals surface area contributed by atoms with Gasteiger partial charge in [0, 0.05) is 0 Å². The van der Waals surface area contributed by atoms with Crippen LogP contribution in [0.1, 0.15) is 23.8 Å². The molecule has 0 radical (unpaired) electrons. The van der Waals surface area contributed by atoms with Crippen LogP contribution in [-0.4, -0.2) is 28.7 Å². The van der Waals surface area contributed by atoms with Crippen molar-refractivity contribution in [1.29, 1.82) is 0 Å². The first-order valence-electron chi connectivity index (χ1n) is 9.87. The van der Waals surface area contributed by atoms with Gasteiger partial charge in [-0.25, -0.2) is 10.4 Å². The third kappa shape index (κ3) is 5.55. The molecule has 2 N–H and O–H groups in total. The van der Waals surface area contributed by atoms with Crippen LogP contribution in [0.4, 0.5) is 0 Å². The van der Waals surface area contributed by atoms with E-state index in [1.807, 2.05) is 49.4 Å². The molecule has 158 valence electrons. The topological polar surface area (TPSA) is 92.5 Å². The molecule has 0 aliphatic rings. The van der Waals surface area contributed by atoms with Crippen LogP contribution in [-0.2, 0) is 11.2 Å². The minimum Gasteiger partial charge on any atom is -0.484 e. The summed E-state index contributed by atoms with van der Waals surface area (Å²) in [6, 6.07) is 17.4. The number of hydrogen-bond donors (Lipinski definition) is 2. The Hall–Kier alpha value is -3.52. The van der Waals surface area contributed by atoms with Gasteiger partial charge in [-0.15, -0.1) is 0 Å². The number of amides is 1. The second-order valence-electron chi connectivity index (χ2n) is 6.91. The van der Waals surface area contributed by atoms with Gasteiger partial charge >= 0.3 is 0 Å². The maximum atomic E-state index is 12.0. The fraction of sp³-hybridized carbons (Fsp3) is 0.174. The lowest BCUT2D eigenvalue weighted by Crippen LogP contribution is -2.24. The van der Waals surface area contributed by atoms with Gasteiger partial charge in [0.15, 0.2) is 16.9 Å². The number of nitrogens with one attached hydrogen (secondary N) is 2. The number of para-hydroxylation sites is 2. The smallest absolute Gasteiger partial charge is 0.277 e. The van der Waals surface area contributed by atoms with Crippen LogP contribution in [0.3, 0.4) is 0 Å². The molecule has 4 rings (SSSR count). The van der Waals surface area contributed by atoms with Gasteiger partial charge in [0.05, 0.1) is 17.2 Å². The van der Waals surface area contributed by atoms with Crippen LogP contribution >= 0.6 is 11.8 Å². The van der Waals surface area contributed by atoms with Crippen molar-refractivity contribution < 1.29 is 13.9 Å². The Kier molecular flexibility index (Phi) is 6.37. The molecule has 0 saturated carbocycles. The summed E-state index contributed by atoms with van der Waals surface area (Å²) in [4.78, 5) is 19.7. The lowest BCUT2D eigenvalue weighted by atomic mass is 10.1.